The van der Waals surface area contributed by atoms with Gasteiger partial charge in [-0.25, -0.2) is 9.79 Å². The minimum absolute atomic E-state index is 0.0736. The molecule has 0 radical (unpaired) electrons. The number of aliphatic imine (C=N–C) groups is 1. The number of carbonyl (C=O) groups is 1. The second-order valence-electron chi connectivity index (χ2n) is 8.39. The highest BCUT2D eigenvalue weighted by molar-refractivity contribution is 8.01. The Morgan fingerprint density at radius 3 is 2.65 bits per heavy atom. The van der Waals surface area contributed by atoms with Crippen molar-refractivity contribution >= 4 is 29.4 Å². The smallest absolute Gasteiger partial charge is 0.334 e. The molecule has 2 aliphatic heterocycles. The number of hydrogen-bond acceptors (Lipinski definition) is 4. The Bertz CT molecular complexity index is 920. The van der Waals surface area contributed by atoms with Gasteiger partial charge in [-0.15, -0.1) is 11.8 Å². The van der Waals surface area contributed by atoms with E-state index < -0.39 is 0 Å². The number of likely N-dealkylation sites (N-methyl/N-ethyl adjacent to an activating group) is 1. The minimum Gasteiger partial charge on any atom is -0.393 e. The fourth-order valence-electron chi connectivity index (χ4n) is 4.37. The number of benzene rings is 1. The van der Waals surface area contributed by atoms with Crippen molar-refractivity contribution < 1.29 is 9.90 Å². The van der Waals surface area contributed by atoms with Crippen molar-refractivity contribution in [2.75, 3.05) is 31.3 Å². The third-order valence-corrected chi connectivity index (χ3v) is 6.50. The van der Waals surface area contributed by atoms with E-state index in [1.54, 1.807) is 16.7 Å². The minimum atomic E-state index is -0.196. The van der Waals surface area contributed by atoms with Crippen LogP contribution >= 0.6 is 11.8 Å². The topological polar surface area (TPSA) is 71.4 Å². The van der Waals surface area contributed by atoms with Gasteiger partial charge in [-0.3, -0.25) is 9.80 Å². The van der Waals surface area contributed by atoms with Crippen LogP contribution < -0.4 is 10.2 Å². The average Bonchev–Trinajstić information content (AvgIpc) is 2.76. The van der Waals surface area contributed by atoms with Crippen molar-refractivity contribution in [3.8, 4) is 0 Å². The van der Waals surface area contributed by atoms with Crippen molar-refractivity contribution in [1.82, 2.24) is 15.1 Å². The summed E-state index contributed by atoms with van der Waals surface area (Å²) in [5.74, 6) is 1.60. The Kier molecular flexibility index (Phi) is 6.57. The highest BCUT2D eigenvalue weighted by Crippen LogP contribution is 2.30. The number of carbonyl (C=O) groups excluding carboxylic acids is 1. The second kappa shape index (κ2) is 9.36. The number of amides is 2. The lowest BCUT2D eigenvalue weighted by molar-refractivity contribution is 0.123. The van der Waals surface area contributed by atoms with Crippen LogP contribution in [-0.2, 0) is 0 Å². The van der Waals surface area contributed by atoms with Crippen LogP contribution in [0.1, 0.15) is 31.2 Å². The number of aliphatic hydroxyl groups excluding tert-OH is 1. The maximum absolute atomic E-state index is 13.5. The van der Waals surface area contributed by atoms with E-state index >= 15 is 0 Å². The molecule has 31 heavy (non-hydrogen) atoms. The molecule has 2 amide bonds. The first-order valence-corrected chi connectivity index (χ1v) is 12.1. The molecule has 0 aromatic heterocycles. The normalized spacial score (nSPS) is 26.0. The molecule has 0 spiro atoms. The molecule has 1 aromatic rings. The summed E-state index contributed by atoms with van der Waals surface area (Å²) in [4.78, 5) is 24.1. The van der Waals surface area contributed by atoms with Crippen LogP contribution in [0.15, 0.2) is 52.3 Å². The van der Waals surface area contributed by atoms with Gasteiger partial charge in [-0.1, -0.05) is 18.2 Å². The maximum atomic E-state index is 13.5. The Balaban J connectivity index is 1.65. The van der Waals surface area contributed by atoms with Crippen LogP contribution in [0.3, 0.4) is 0 Å². The van der Waals surface area contributed by atoms with Gasteiger partial charge in [0.15, 0.2) is 5.96 Å². The summed E-state index contributed by atoms with van der Waals surface area (Å²) in [7, 11) is 2.03. The van der Waals surface area contributed by atoms with E-state index in [1.807, 2.05) is 61.0 Å². The lowest BCUT2D eigenvalue weighted by Crippen LogP contribution is -2.57. The van der Waals surface area contributed by atoms with Crippen molar-refractivity contribution in [3.05, 3.63) is 52.8 Å². The molecule has 4 rings (SSSR count). The number of aryl methyl sites for hydroxylation is 1. The van der Waals surface area contributed by atoms with Crippen molar-refractivity contribution in [2.24, 2.45) is 4.99 Å². The molecule has 0 bridgehead atoms. The molecular weight excluding hydrogens is 410 g/mol. The number of nitrogens with zero attached hydrogens (tertiary/aromatic N) is 4. The maximum Gasteiger partial charge on any atom is 0.334 e. The van der Waals surface area contributed by atoms with Crippen LogP contribution in [0.2, 0.25) is 0 Å². The fourth-order valence-corrected chi connectivity index (χ4v) is 4.61. The number of urea groups is 1. The van der Waals surface area contributed by atoms with E-state index in [9.17, 15) is 9.90 Å². The van der Waals surface area contributed by atoms with E-state index in [0.29, 0.717) is 13.1 Å². The van der Waals surface area contributed by atoms with Gasteiger partial charge >= 0.3 is 6.03 Å². The summed E-state index contributed by atoms with van der Waals surface area (Å²) in [5.41, 5.74) is 3.16. The summed E-state index contributed by atoms with van der Waals surface area (Å²) < 4.78 is 0. The Labute approximate surface area is 188 Å². The van der Waals surface area contributed by atoms with Gasteiger partial charge in [-0.05, 0) is 55.9 Å². The second-order valence-corrected chi connectivity index (χ2v) is 9.14. The first kappa shape index (κ1) is 21.8. The Morgan fingerprint density at radius 2 is 1.94 bits per heavy atom. The predicted octanol–water partition coefficient (Wildman–Crippen LogP) is 3.48. The van der Waals surface area contributed by atoms with Gasteiger partial charge in [0.25, 0.3) is 0 Å². The van der Waals surface area contributed by atoms with E-state index in [-0.39, 0.29) is 18.2 Å². The number of hydrogen-bond donors (Lipinski definition) is 2. The van der Waals surface area contributed by atoms with E-state index in [2.05, 4.69) is 10.2 Å². The van der Waals surface area contributed by atoms with Gasteiger partial charge in [-0.2, -0.15) is 0 Å². The SMILES string of the molecule is CS/C=C/N1C(=O)N(c2ccccc2C)CC2=C1NC(=NC1CCC(O)CC1)N(C)C2. The molecule has 2 heterocycles. The van der Waals surface area contributed by atoms with Gasteiger partial charge in [0, 0.05) is 31.1 Å². The fraction of sp³-hybridized carbons (Fsp3) is 0.478. The summed E-state index contributed by atoms with van der Waals surface area (Å²) in [6, 6.07) is 8.13. The molecule has 1 fully saturated rings. The molecular formula is C23H31N5O2S. The van der Waals surface area contributed by atoms with Crippen molar-refractivity contribution in [3.63, 3.8) is 0 Å². The van der Waals surface area contributed by atoms with Crippen LogP contribution in [0, 0.1) is 6.92 Å². The molecule has 0 unspecified atom stereocenters. The molecule has 0 saturated heterocycles. The van der Waals surface area contributed by atoms with Crippen LogP contribution in [0.5, 0.6) is 0 Å². The number of para-hydroxylation sites is 1. The molecule has 1 aliphatic carbocycles. The third-order valence-electron chi connectivity index (χ3n) is 6.10. The first-order chi connectivity index (χ1) is 15.0. The highest BCUT2D eigenvalue weighted by Gasteiger charge is 2.37. The van der Waals surface area contributed by atoms with E-state index in [0.717, 1.165) is 54.3 Å². The molecule has 1 saturated carbocycles. The lowest BCUT2D eigenvalue weighted by atomic mass is 9.94. The standard InChI is InChI=1S/C23H31N5O2S/c1-16-6-4-5-7-20(16)28-15-17-14-26(2)22(24-18-8-10-19(29)11-9-18)25-21(17)27(23(28)30)12-13-31-3/h4-7,12-13,18-19,29H,8-11,14-15H2,1-3H3,(H,24,25)/b13-12+. The zero-order valence-electron chi connectivity index (χ0n) is 18.4. The van der Waals surface area contributed by atoms with Crippen LogP contribution in [0.25, 0.3) is 0 Å². The summed E-state index contributed by atoms with van der Waals surface area (Å²) in [6.45, 7) is 3.28. The lowest BCUT2D eigenvalue weighted by Gasteiger charge is -2.42. The molecule has 7 nitrogen and oxygen atoms in total. The number of rotatable bonds is 4. The molecule has 8 heteroatoms. The average molecular weight is 442 g/mol. The van der Waals surface area contributed by atoms with Crippen molar-refractivity contribution in [2.45, 2.75) is 44.8 Å². The Morgan fingerprint density at radius 1 is 1.19 bits per heavy atom. The molecule has 0 atom stereocenters. The van der Waals surface area contributed by atoms with Crippen LogP contribution in [-0.4, -0.2) is 65.4 Å². The third kappa shape index (κ3) is 4.60. The van der Waals surface area contributed by atoms with Crippen LogP contribution in [0.4, 0.5) is 10.5 Å². The van der Waals surface area contributed by atoms with Gasteiger partial charge in [0.1, 0.15) is 5.82 Å². The molecule has 166 valence electrons. The predicted molar refractivity (Wildman–Crippen MR) is 127 cm³/mol. The van der Waals surface area contributed by atoms with Gasteiger partial charge in [0.05, 0.1) is 18.7 Å². The van der Waals surface area contributed by atoms with Crippen molar-refractivity contribution in [1.29, 1.82) is 0 Å². The molecule has 1 aromatic carbocycles. The summed E-state index contributed by atoms with van der Waals surface area (Å²) >= 11 is 1.56. The number of guanidine groups is 1. The van der Waals surface area contributed by atoms with E-state index in [4.69, 9.17) is 4.99 Å². The van der Waals surface area contributed by atoms with E-state index in [1.165, 1.54) is 0 Å². The van der Waals surface area contributed by atoms with Gasteiger partial charge in [0.2, 0.25) is 0 Å². The molecule has 2 N–H and O–H groups in total. The zero-order chi connectivity index (χ0) is 22.0. The highest BCUT2D eigenvalue weighted by atomic mass is 32.2. The Hall–Kier alpha value is -2.45. The zero-order valence-corrected chi connectivity index (χ0v) is 19.2. The first-order valence-electron chi connectivity index (χ1n) is 10.8. The number of nitrogens with one attached hydrogen (secondary N) is 1. The summed E-state index contributed by atoms with van der Waals surface area (Å²) in [5, 5.41) is 15.2. The number of thioether (sulfide) groups is 1. The quantitative estimate of drug-likeness (QED) is 0.749. The largest absolute Gasteiger partial charge is 0.393 e. The monoisotopic (exact) mass is 441 g/mol. The number of aliphatic hydroxyl groups is 1. The number of anilines is 1. The summed E-state index contributed by atoms with van der Waals surface area (Å²) in [6.07, 6.45) is 6.99. The molecule has 3 aliphatic rings. The van der Waals surface area contributed by atoms with Gasteiger partial charge < -0.3 is 15.3 Å².